The number of primary amides is 1. The van der Waals surface area contributed by atoms with Gasteiger partial charge in [0.1, 0.15) is 40.2 Å². The average molecular weight is 992 g/mol. The highest BCUT2D eigenvalue weighted by Gasteiger charge is 2.24. The van der Waals surface area contributed by atoms with Gasteiger partial charge >= 0.3 is 5.97 Å². The normalized spacial score (nSPS) is 11.2. The highest BCUT2D eigenvalue weighted by atomic mass is 16.5. The van der Waals surface area contributed by atoms with Gasteiger partial charge in [-0.05, 0) is 76.6 Å². The third-order valence-electron chi connectivity index (χ3n) is 11.1. The topological polar surface area (TPSA) is 286 Å². The standard InChI is InChI=1S/C47H55N13O10.C2H6/c1-8-59-34(22-28(3)53-59)43(65)51-46-50-33-25-31(45(67)68)27-36(69-7)40(33)57(46)17-10-11-18-58-41-32(49-47(58)52-44(66)35-23-29(4)54-60(35)9-2)24-30(42(48)64)26-37(41)70-21-13-16-55(5)39(63)15-19-56(6)38(62)14-12-20-61;1-2/h10-12,14,20,22-27H,8-9,13,15-19,21H2,1-7H3,(H2,48,64)(H,67,68)(H,49,52,66)(H,50,51,65);1-2H3/b11-10+,14-12-;. The number of anilines is 2. The molecule has 0 unspecified atom stereocenters. The van der Waals surface area contributed by atoms with Gasteiger partial charge in [0.25, 0.3) is 11.8 Å². The summed E-state index contributed by atoms with van der Waals surface area (Å²) in [5.74, 6) is -2.96. The lowest BCUT2D eigenvalue weighted by Gasteiger charge is -2.20. The summed E-state index contributed by atoms with van der Waals surface area (Å²) in [6.45, 7) is 12.7. The molecular formula is C49H61N13O10. The minimum absolute atomic E-state index is 0.0486. The highest BCUT2D eigenvalue weighted by molar-refractivity contribution is 6.05. The molecule has 0 radical (unpaired) electrons. The fourth-order valence-corrected chi connectivity index (χ4v) is 7.59. The Balaban J connectivity index is 0.00000475. The maximum atomic E-state index is 13.9. The lowest BCUT2D eigenvalue weighted by molar-refractivity contribution is -0.131. The number of aromatic nitrogens is 8. The van der Waals surface area contributed by atoms with E-state index in [1.165, 1.54) is 48.2 Å². The third kappa shape index (κ3) is 12.8. The van der Waals surface area contributed by atoms with Crippen molar-refractivity contribution in [2.45, 2.75) is 80.6 Å². The predicted molar refractivity (Wildman–Crippen MR) is 268 cm³/mol. The Kier molecular flexibility index (Phi) is 18.7. The molecule has 6 rings (SSSR count). The van der Waals surface area contributed by atoms with Crippen molar-refractivity contribution in [3.8, 4) is 11.5 Å². The molecule has 0 atom stereocenters. The molecular weight excluding hydrogens is 931 g/mol. The van der Waals surface area contributed by atoms with Crippen molar-refractivity contribution >= 4 is 75.8 Å². The number of imidazole rings is 2. The lowest BCUT2D eigenvalue weighted by Crippen LogP contribution is -2.33. The molecule has 0 bridgehead atoms. The zero-order valence-corrected chi connectivity index (χ0v) is 41.9. The minimum Gasteiger partial charge on any atom is -0.494 e. The van der Waals surface area contributed by atoms with E-state index in [0.717, 1.165) is 12.2 Å². The maximum absolute atomic E-state index is 13.9. The number of carbonyl (C=O) groups excluding carboxylic acids is 6. The summed E-state index contributed by atoms with van der Waals surface area (Å²) in [6.07, 6.45) is 6.65. The van der Waals surface area contributed by atoms with E-state index < -0.39 is 29.6 Å². The molecule has 0 spiro atoms. The van der Waals surface area contributed by atoms with E-state index in [2.05, 4.69) is 25.8 Å². The molecule has 0 saturated heterocycles. The first-order valence-corrected chi connectivity index (χ1v) is 23.2. The molecule has 4 aromatic heterocycles. The van der Waals surface area contributed by atoms with Crippen LogP contribution in [-0.2, 0) is 40.6 Å². The first-order valence-electron chi connectivity index (χ1n) is 23.2. The van der Waals surface area contributed by atoms with Gasteiger partial charge in [0.15, 0.2) is 0 Å². The molecule has 0 aliphatic rings. The summed E-state index contributed by atoms with van der Waals surface area (Å²) in [5, 5.41) is 24.4. The Bertz CT molecular complexity index is 3050. The van der Waals surface area contributed by atoms with E-state index >= 15 is 0 Å². The summed E-state index contributed by atoms with van der Waals surface area (Å²) < 4.78 is 18.4. The fourth-order valence-electron chi connectivity index (χ4n) is 7.59. The van der Waals surface area contributed by atoms with Crippen LogP contribution in [-0.4, -0.2) is 136 Å². The molecule has 5 N–H and O–H groups in total. The molecule has 0 fully saturated rings. The second kappa shape index (κ2) is 24.8. The van der Waals surface area contributed by atoms with Crippen LogP contribution in [0.5, 0.6) is 11.5 Å². The number of nitrogens with two attached hydrogens (primary N) is 1. The van der Waals surface area contributed by atoms with Gasteiger partial charge in [-0.15, -0.1) is 0 Å². The summed E-state index contributed by atoms with van der Waals surface area (Å²) >= 11 is 0. The summed E-state index contributed by atoms with van der Waals surface area (Å²) in [6, 6.07) is 9.01. The number of carbonyl (C=O) groups is 7. The minimum atomic E-state index is -1.20. The monoisotopic (exact) mass is 991 g/mol. The van der Waals surface area contributed by atoms with Crippen LogP contribution in [0.2, 0.25) is 0 Å². The number of carboxylic acids is 1. The molecule has 0 saturated carbocycles. The maximum Gasteiger partial charge on any atom is 0.335 e. The Labute approximate surface area is 415 Å². The number of benzene rings is 2. The van der Waals surface area contributed by atoms with Gasteiger partial charge in [-0.3, -0.25) is 48.8 Å². The number of rotatable bonds is 23. The molecule has 0 aliphatic heterocycles. The molecule has 23 heteroatoms. The van der Waals surface area contributed by atoms with E-state index in [4.69, 9.17) is 20.2 Å². The average Bonchev–Trinajstić information content (AvgIpc) is 4.14. The molecule has 4 heterocycles. The van der Waals surface area contributed by atoms with Crippen LogP contribution in [0.4, 0.5) is 11.9 Å². The number of aldehydes is 1. The zero-order chi connectivity index (χ0) is 52.8. The first kappa shape index (κ1) is 54.3. The predicted octanol–water partition coefficient (Wildman–Crippen LogP) is 4.86. The van der Waals surface area contributed by atoms with Crippen molar-refractivity contribution in [3.05, 3.63) is 94.6 Å². The molecule has 382 valence electrons. The van der Waals surface area contributed by atoms with Gasteiger partial charge in [0.05, 0.1) is 41.7 Å². The van der Waals surface area contributed by atoms with Crippen molar-refractivity contribution < 1.29 is 48.1 Å². The number of likely N-dealkylation sites (N-methyl/N-ethyl adjacent to an activating group) is 1. The number of nitrogens with zero attached hydrogens (tertiary/aromatic N) is 10. The van der Waals surface area contributed by atoms with Gasteiger partial charge in [0, 0.05) is 71.4 Å². The number of carboxylic acid groups (broad SMARTS) is 1. The van der Waals surface area contributed by atoms with Crippen molar-refractivity contribution in [2.75, 3.05) is 51.5 Å². The van der Waals surface area contributed by atoms with Gasteiger partial charge in [-0.1, -0.05) is 26.0 Å². The Morgan fingerprint density at radius 2 is 1.26 bits per heavy atom. The molecule has 2 aromatic carbocycles. The van der Waals surface area contributed by atoms with E-state index in [1.807, 2.05) is 27.7 Å². The smallest absolute Gasteiger partial charge is 0.335 e. The van der Waals surface area contributed by atoms with Crippen LogP contribution < -0.4 is 25.8 Å². The second-order valence-corrected chi connectivity index (χ2v) is 16.0. The number of fused-ring (bicyclic) bond motifs is 2. The van der Waals surface area contributed by atoms with E-state index in [1.54, 1.807) is 63.7 Å². The van der Waals surface area contributed by atoms with Crippen LogP contribution in [0.1, 0.15) is 93.6 Å². The van der Waals surface area contributed by atoms with Crippen LogP contribution in [0.15, 0.2) is 60.7 Å². The van der Waals surface area contributed by atoms with E-state index in [9.17, 15) is 38.7 Å². The number of nitrogens with one attached hydrogen (secondary N) is 2. The number of aromatic carboxylic acids is 1. The molecule has 23 nitrogen and oxygen atoms in total. The van der Waals surface area contributed by atoms with Crippen molar-refractivity contribution in [1.82, 2.24) is 48.5 Å². The summed E-state index contributed by atoms with van der Waals surface area (Å²) in [4.78, 5) is 100. The molecule has 5 amide bonds. The SMILES string of the molecule is CC.CCn1nc(C)cc1C(=O)Nc1nc2cc(C(=O)O)cc(OC)c2n1C/C=C/Cn1c(NC(=O)c2cc(C)nn2CC)nc2cc(C(N)=O)cc(OCCCN(C)C(=O)CCN(C)C(=O)/C=C\C=O)c21. The van der Waals surface area contributed by atoms with Gasteiger partial charge in [0.2, 0.25) is 29.6 Å². The number of methoxy groups -OCH3 is 1. The summed E-state index contributed by atoms with van der Waals surface area (Å²) in [5.41, 5.74) is 8.97. The number of ether oxygens (including phenoxy) is 2. The largest absolute Gasteiger partial charge is 0.494 e. The molecule has 6 aromatic rings. The number of allylic oxidation sites excluding steroid dienone is 3. The quantitative estimate of drug-likeness (QED) is 0.0289. The van der Waals surface area contributed by atoms with Gasteiger partial charge < -0.3 is 39.2 Å². The Hall–Kier alpha value is -8.63. The van der Waals surface area contributed by atoms with Crippen LogP contribution in [0, 0.1) is 13.8 Å². The fraction of sp³-hybridized carbons (Fsp3) is 0.367. The number of hydrogen-bond donors (Lipinski definition) is 4. The first-order chi connectivity index (χ1) is 34.5. The third-order valence-corrected chi connectivity index (χ3v) is 11.1. The number of amides is 5. The second-order valence-electron chi connectivity index (χ2n) is 16.0. The van der Waals surface area contributed by atoms with Crippen molar-refractivity contribution in [1.29, 1.82) is 0 Å². The number of hydrogen-bond acceptors (Lipinski definition) is 13. The van der Waals surface area contributed by atoms with Crippen LogP contribution in [0.3, 0.4) is 0 Å². The van der Waals surface area contributed by atoms with E-state index in [-0.39, 0.29) is 96.4 Å². The van der Waals surface area contributed by atoms with Crippen LogP contribution >= 0.6 is 0 Å². The Morgan fingerprint density at radius 3 is 1.75 bits per heavy atom. The van der Waals surface area contributed by atoms with Crippen LogP contribution in [0.25, 0.3) is 22.1 Å². The molecule has 72 heavy (non-hydrogen) atoms. The van der Waals surface area contributed by atoms with Crippen molar-refractivity contribution in [2.24, 2.45) is 5.73 Å². The molecule has 0 aliphatic carbocycles. The lowest BCUT2D eigenvalue weighted by atomic mass is 10.1. The van der Waals surface area contributed by atoms with Gasteiger partial charge in [-0.2, -0.15) is 10.2 Å². The number of aryl methyl sites for hydroxylation is 4. The van der Waals surface area contributed by atoms with E-state index in [0.29, 0.717) is 53.9 Å². The highest BCUT2D eigenvalue weighted by Crippen LogP contribution is 2.33. The summed E-state index contributed by atoms with van der Waals surface area (Å²) in [7, 11) is 4.55. The zero-order valence-electron chi connectivity index (χ0n) is 41.9. The van der Waals surface area contributed by atoms with Crippen molar-refractivity contribution in [3.63, 3.8) is 0 Å². The Morgan fingerprint density at radius 1 is 0.750 bits per heavy atom. The van der Waals surface area contributed by atoms with Gasteiger partial charge in [-0.25, -0.2) is 14.8 Å².